The molecule has 1 saturated heterocycles. The fourth-order valence-corrected chi connectivity index (χ4v) is 2.34. The molecular formula is C10H10BrClN2O. The Morgan fingerprint density at radius 2 is 2.47 bits per heavy atom. The number of hydrogen-bond donors (Lipinski definition) is 0. The molecule has 0 spiro atoms. The van der Waals surface area contributed by atoms with E-state index in [2.05, 4.69) is 20.9 Å². The first-order valence-electron chi connectivity index (χ1n) is 4.69. The fourth-order valence-electron chi connectivity index (χ4n) is 1.67. The average molecular weight is 290 g/mol. The summed E-state index contributed by atoms with van der Waals surface area (Å²) in [5.41, 5.74) is 0. The van der Waals surface area contributed by atoms with Gasteiger partial charge in [0.05, 0.1) is 4.47 Å². The molecule has 1 aromatic rings. The predicted octanol–water partition coefficient (Wildman–Crippen LogP) is 2.44. The van der Waals surface area contributed by atoms with E-state index in [1.54, 1.807) is 11.1 Å². The van der Waals surface area contributed by atoms with Crippen molar-refractivity contribution in [1.29, 1.82) is 0 Å². The molecular weight excluding hydrogens is 279 g/mol. The van der Waals surface area contributed by atoms with Crippen molar-refractivity contribution < 1.29 is 4.79 Å². The van der Waals surface area contributed by atoms with Crippen LogP contribution in [0, 0.1) is 5.92 Å². The zero-order valence-electron chi connectivity index (χ0n) is 7.99. The Balaban J connectivity index is 2.25. The molecule has 0 N–H and O–H groups in total. The summed E-state index contributed by atoms with van der Waals surface area (Å²) in [6, 6.07) is 3.71. The van der Waals surface area contributed by atoms with Crippen LogP contribution in [0.4, 0.5) is 5.82 Å². The highest BCUT2D eigenvalue weighted by molar-refractivity contribution is 9.10. The summed E-state index contributed by atoms with van der Waals surface area (Å²) in [6.45, 7) is 0.665. The van der Waals surface area contributed by atoms with Crippen LogP contribution in [0.15, 0.2) is 22.8 Å². The molecule has 0 aliphatic carbocycles. The van der Waals surface area contributed by atoms with E-state index in [9.17, 15) is 4.79 Å². The second kappa shape index (κ2) is 4.49. The number of nitrogens with zero attached hydrogens (tertiary/aromatic N) is 2. The Morgan fingerprint density at radius 1 is 1.67 bits per heavy atom. The van der Waals surface area contributed by atoms with Crippen molar-refractivity contribution in [2.45, 2.75) is 6.42 Å². The largest absolute Gasteiger partial charge is 0.296 e. The average Bonchev–Trinajstić information content (AvgIpc) is 2.60. The van der Waals surface area contributed by atoms with Crippen molar-refractivity contribution in [3.05, 3.63) is 22.8 Å². The smallest absolute Gasteiger partial charge is 0.228 e. The van der Waals surface area contributed by atoms with Crippen LogP contribution in [0.2, 0.25) is 0 Å². The molecule has 5 heteroatoms. The molecule has 15 heavy (non-hydrogen) atoms. The molecule has 1 aliphatic heterocycles. The minimum absolute atomic E-state index is 0.0973. The summed E-state index contributed by atoms with van der Waals surface area (Å²) in [7, 11) is 0. The first kappa shape index (κ1) is 10.9. The molecule has 1 unspecified atom stereocenters. The highest BCUT2D eigenvalue weighted by atomic mass is 79.9. The van der Waals surface area contributed by atoms with Gasteiger partial charge in [-0.15, -0.1) is 11.6 Å². The van der Waals surface area contributed by atoms with Gasteiger partial charge in [0.2, 0.25) is 5.91 Å². The van der Waals surface area contributed by atoms with Crippen molar-refractivity contribution in [3.8, 4) is 0 Å². The van der Waals surface area contributed by atoms with Gasteiger partial charge in [0.15, 0.2) is 0 Å². The maximum Gasteiger partial charge on any atom is 0.228 e. The van der Waals surface area contributed by atoms with E-state index in [-0.39, 0.29) is 11.8 Å². The van der Waals surface area contributed by atoms with Crippen molar-refractivity contribution >= 4 is 39.3 Å². The molecule has 0 radical (unpaired) electrons. The number of rotatable bonds is 2. The second-order valence-electron chi connectivity index (χ2n) is 3.54. The summed E-state index contributed by atoms with van der Waals surface area (Å²) >= 11 is 9.14. The first-order valence-corrected chi connectivity index (χ1v) is 6.02. The van der Waals surface area contributed by atoms with Gasteiger partial charge in [-0.2, -0.15) is 0 Å². The Hall–Kier alpha value is -0.610. The van der Waals surface area contributed by atoms with Gasteiger partial charge in [-0.25, -0.2) is 4.98 Å². The van der Waals surface area contributed by atoms with E-state index < -0.39 is 0 Å². The number of anilines is 1. The van der Waals surface area contributed by atoms with Gasteiger partial charge < -0.3 is 0 Å². The molecule has 1 aromatic heterocycles. The van der Waals surface area contributed by atoms with E-state index in [0.29, 0.717) is 24.7 Å². The summed E-state index contributed by atoms with van der Waals surface area (Å²) in [5, 5.41) is 0. The molecule has 1 fully saturated rings. The van der Waals surface area contributed by atoms with Crippen LogP contribution < -0.4 is 4.90 Å². The van der Waals surface area contributed by atoms with Gasteiger partial charge in [-0.05, 0) is 34.0 Å². The zero-order chi connectivity index (χ0) is 10.8. The summed E-state index contributed by atoms with van der Waals surface area (Å²) in [6.07, 6.45) is 2.20. The van der Waals surface area contributed by atoms with Crippen LogP contribution in [0.25, 0.3) is 0 Å². The van der Waals surface area contributed by atoms with Crippen molar-refractivity contribution in [1.82, 2.24) is 4.98 Å². The molecule has 2 heterocycles. The Kier molecular flexibility index (Phi) is 3.26. The normalized spacial score (nSPS) is 21.1. The van der Waals surface area contributed by atoms with E-state index in [0.717, 1.165) is 4.47 Å². The van der Waals surface area contributed by atoms with Crippen molar-refractivity contribution in [3.63, 3.8) is 0 Å². The van der Waals surface area contributed by atoms with E-state index >= 15 is 0 Å². The number of hydrogen-bond acceptors (Lipinski definition) is 2. The van der Waals surface area contributed by atoms with Gasteiger partial charge in [-0.1, -0.05) is 0 Å². The molecule has 1 amide bonds. The molecule has 0 aromatic carbocycles. The number of aromatic nitrogens is 1. The molecule has 3 nitrogen and oxygen atoms in total. The van der Waals surface area contributed by atoms with Gasteiger partial charge in [0.1, 0.15) is 5.82 Å². The predicted molar refractivity (Wildman–Crippen MR) is 63.1 cm³/mol. The minimum Gasteiger partial charge on any atom is -0.296 e. The lowest BCUT2D eigenvalue weighted by atomic mass is 10.1. The second-order valence-corrected chi connectivity index (χ2v) is 4.70. The number of carbonyl (C=O) groups is 1. The SMILES string of the molecule is O=C1CC(CCl)CN1c1ncccc1Br. The van der Waals surface area contributed by atoms with Crippen LogP contribution >= 0.6 is 27.5 Å². The third kappa shape index (κ3) is 2.16. The first-order chi connectivity index (χ1) is 7.22. The van der Waals surface area contributed by atoms with Crippen LogP contribution in [0.1, 0.15) is 6.42 Å². The highest BCUT2D eigenvalue weighted by Crippen LogP contribution is 2.29. The standard InChI is InChI=1S/C10H10BrClN2O/c11-8-2-1-3-13-10(8)14-6-7(5-12)4-9(14)15/h1-3,7H,4-6H2. The Morgan fingerprint density at radius 3 is 3.07 bits per heavy atom. The number of alkyl halides is 1. The van der Waals surface area contributed by atoms with E-state index in [1.807, 2.05) is 12.1 Å². The molecule has 80 valence electrons. The molecule has 1 atom stereocenters. The molecule has 0 bridgehead atoms. The quantitative estimate of drug-likeness (QED) is 0.784. The van der Waals surface area contributed by atoms with Crippen LogP contribution in [0.3, 0.4) is 0 Å². The maximum atomic E-state index is 11.7. The van der Waals surface area contributed by atoms with E-state index in [4.69, 9.17) is 11.6 Å². The summed E-state index contributed by atoms with van der Waals surface area (Å²) < 4.78 is 0.841. The van der Waals surface area contributed by atoms with Gasteiger partial charge in [-0.3, -0.25) is 9.69 Å². The zero-order valence-corrected chi connectivity index (χ0v) is 10.3. The van der Waals surface area contributed by atoms with Gasteiger partial charge in [0, 0.05) is 25.0 Å². The molecule has 1 aliphatic rings. The Labute approximate surface area is 102 Å². The van der Waals surface area contributed by atoms with E-state index in [1.165, 1.54) is 0 Å². The number of halogens is 2. The monoisotopic (exact) mass is 288 g/mol. The molecule has 2 rings (SSSR count). The lowest BCUT2D eigenvalue weighted by Gasteiger charge is -2.16. The summed E-state index contributed by atoms with van der Waals surface area (Å²) in [4.78, 5) is 17.6. The number of amides is 1. The highest BCUT2D eigenvalue weighted by Gasteiger charge is 2.31. The lowest BCUT2D eigenvalue weighted by Crippen LogP contribution is -2.26. The lowest BCUT2D eigenvalue weighted by molar-refractivity contribution is -0.117. The summed E-state index contributed by atoms with van der Waals surface area (Å²) in [5.74, 6) is 1.55. The van der Waals surface area contributed by atoms with Gasteiger partial charge >= 0.3 is 0 Å². The van der Waals surface area contributed by atoms with Crippen molar-refractivity contribution in [2.24, 2.45) is 5.92 Å². The molecule has 0 saturated carbocycles. The van der Waals surface area contributed by atoms with Gasteiger partial charge in [0.25, 0.3) is 0 Å². The topological polar surface area (TPSA) is 33.2 Å². The van der Waals surface area contributed by atoms with Crippen LogP contribution in [0.5, 0.6) is 0 Å². The third-order valence-corrected chi connectivity index (χ3v) is 3.47. The number of carbonyl (C=O) groups excluding carboxylic acids is 1. The van der Waals surface area contributed by atoms with Crippen molar-refractivity contribution in [2.75, 3.05) is 17.3 Å². The maximum absolute atomic E-state index is 11.7. The fraction of sp³-hybridized carbons (Fsp3) is 0.400. The Bertz CT molecular complexity index is 385. The van der Waals surface area contributed by atoms with Crippen LogP contribution in [-0.4, -0.2) is 23.3 Å². The minimum atomic E-state index is 0.0973. The third-order valence-electron chi connectivity index (χ3n) is 2.42. The number of pyridine rings is 1. The van der Waals surface area contributed by atoms with Crippen LogP contribution in [-0.2, 0) is 4.79 Å².